The van der Waals surface area contributed by atoms with E-state index in [0.717, 1.165) is 5.56 Å². The minimum Gasteiger partial charge on any atom is -0.473 e. The Balaban J connectivity index is 1.68. The molecular weight excluding hydrogens is 372 g/mol. The molecular formula is C21H20N4O4. The first kappa shape index (κ1) is 19.8. The maximum atomic E-state index is 12.5. The summed E-state index contributed by atoms with van der Waals surface area (Å²) in [6.07, 6.45) is 1.62. The summed E-state index contributed by atoms with van der Waals surface area (Å²) in [4.78, 5) is 27.3. The third kappa shape index (κ3) is 5.07. The molecule has 1 heterocycles. The molecule has 0 atom stereocenters. The standard InChI is InChI=1S/C21H20N4O4/c1-22-18-10-9-16(12-19(18)25(27)28)20(26)24-13-17-8-5-11-23-21(17)29-14-15-6-3-2-4-7-15/h2-12,22H,13-14H2,1H3,(H,24,26). The normalized spacial score (nSPS) is 10.2. The van der Waals surface area contributed by atoms with Crippen molar-refractivity contribution in [1.82, 2.24) is 10.3 Å². The van der Waals surface area contributed by atoms with Crippen LogP contribution in [0.4, 0.5) is 11.4 Å². The number of benzene rings is 2. The quantitative estimate of drug-likeness (QED) is 0.449. The maximum Gasteiger partial charge on any atom is 0.293 e. The van der Waals surface area contributed by atoms with Gasteiger partial charge in [0, 0.05) is 37.0 Å². The SMILES string of the molecule is CNc1ccc(C(=O)NCc2cccnc2OCc2ccccc2)cc1[N+](=O)[O-]. The lowest BCUT2D eigenvalue weighted by Crippen LogP contribution is -2.23. The lowest BCUT2D eigenvalue weighted by molar-refractivity contribution is -0.384. The monoisotopic (exact) mass is 392 g/mol. The molecule has 2 aromatic carbocycles. The summed E-state index contributed by atoms with van der Waals surface area (Å²) in [7, 11) is 1.58. The van der Waals surface area contributed by atoms with E-state index in [0.29, 0.717) is 23.7 Å². The van der Waals surface area contributed by atoms with Crippen molar-refractivity contribution in [3.63, 3.8) is 0 Å². The number of nitrogens with one attached hydrogen (secondary N) is 2. The fourth-order valence-corrected chi connectivity index (χ4v) is 2.73. The van der Waals surface area contributed by atoms with Gasteiger partial charge in [-0.25, -0.2) is 4.98 Å². The van der Waals surface area contributed by atoms with Crippen molar-refractivity contribution in [2.75, 3.05) is 12.4 Å². The molecule has 8 heteroatoms. The van der Waals surface area contributed by atoms with Gasteiger partial charge in [-0.3, -0.25) is 14.9 Å². The van der Waals surface area contributed by atoms with E-state index < -0.39 is 10.8 Å². The molecule has 0 spiro atoms. The molecule has 2 N–H and O–H groups in total. The number of rotatable bonds is 8. The zero-order chi connectivity index (χ0) is 20.6. The predicted octanol–water partition coefficient (Wildman–Crippen LogP) is 3.54. The number of nitro groups is 1. The zero-order valence-electron chi connectivity index (χ0n) is 15.8. The van der Waals surface area contributed by atoms with Gasteiger partial charge in [-0.1, -0.05) is 36.4 Å². The van der Waals surface area contributed by atoms with Gasteiger partial charge in [-0.05, 0) is 23.8 Å². The average Bonchev–Trinajstić information content (AvgIpc) is 2.76. The summed E-state index contributed by atoms with van der Waals surface area (Å²) < 4.78 is 5.78. The number of hydrogen-bond donors (Lipinski definition) is 2. The number of anilines is 1. The number of ether oxygens (including phenoxy) is 1. The van der Waals surface area contributed by atoms with Crippen molar-refractivity contribution >= 4 is 17.3 Å². The first-order valence-electron chi connectivity index (χ1n) is 8.93. The molecule has 1 amide bonds. The fourth-order valence-electron chi connectivity index (χ4n) is 2.73. The maximum absolute atomic E-state index is 12.5. The van der Waals surface area contributed by atoms with Gasteiger partial charge in [-0.2, -0.15) is 0 Å². The minimum absolute atomic E-state index is 0.159. The predicted molar refractivity (Wildman–Crippen MR) is 109 cm³/mol. The largest absolute Gasteiger partial charge is 0.473 e. The van der Waals surface area contributed by atoms with Crippen molar-refractivity contribution in [1.29, 1.82) is 0 Å². The number of aromatic nitrogens is 1. The van der Waals surface area contributed by atoms with Crippen molar-refractivity contribution in [2.24, 2.45) is 0 Å². The number of pyridine rings is 1. The van der Waals surface area contributed by atoms with E-state index in [4.69, 9.17) is 4.74 Å². The second-order valence-corrected chi connectivity index (χ2v) is 6.16. The summed E-state index contributed by atoms with van der Waals surface area (Å²) in [5, 5.41) is 16.7. The Bertz CT molecular complexity index is 1010. The van der Waals surface area contributed by atoms with Gasteiger partial charge in [0.15, 0.2) is 0 Å². The highest BCUT2D eigenvalue weighted by Crippen LogP contribution is 2.25. The van der Waals surface area contributed by atoms with Crippen LogP contribution in [-0.4, -0.2) is 22.9 Å². The molecule has 0 unspecified atom stereocenters. The Hall–Kier alpha value is -3.94. The Labute approximate surface area is 167 Å². The molecule has 0 saturated heterocycles. The van der Waals surface area contributed by atoms with Crippen LogP contribution in [0, 0.1) is 10.1 Å². The van der Waals surface area contributed by atoms with Gasteiger partial charge in [0.05, 0.1) is 4.92 Å². The number of nitrogens with zero attached hydrogens (tertiary/aromatic N) is 2. The van der Waals surface area contributed by atoms with Crippen LogP contribution in [0.1, 0.15) is 21.5 Å². The number of carbonyl (C=O) groups excluding carboxylic acids is 1. The Kier molecular flexibility index (Phi) is 6.36. The molecule has 0 aliphatic rings. The minimum atomic E-state index is -0.529. The smallest absolute Gasteiger partial charge is 0.293 e. The Morgan fingerprint density at radius 1 is 1.14 bits per heavy atom. The Morgan fingerprint density at radius 3 is 2.66 bits per heavy atom. The molecule has 0 aliphatic heterocycles. The van der Waals surface area contributed by atoms with E-state index in [1.807, 2.05) is 30.3 Å². The van der Waals surface area contributed by atoms with Crippen molar-refractivity contribution in [3.8, 4) is 5.88 Å². The van der Waals surface area contributed by atoms with E-state index in [-0.39, 0.29) is 17.8 Å². The first-order valence-corrected chi connectivity index (χ1v) is 8.93. The first-order chi connectivity index (χ1) is 14.1. The van der Waals surface area contributed by atoms with Crippen molar-refractivity contribution in [3.05, 3.63) is 93.7 Å². The lowest BCUT2D eigenvalue weighted by Gasteiger charge is -2.11. The average molecular weight is 392 g/mol. The third-order valence-electron chi connectivity index (χ3n) is 4.23. The molecule has 0 bridgehead atoms. The third-order valence-corrected chi connectivity index (χ3v) is 4.23. The van der Waals surface area contributed by atoms with Crippen LogP contribution in [0.25, 0.3) is 0 Å². The molecule has 148 valence electrons. The van der Waals surface area contributed by atoms with Gasteiger partial charge in [-0.15, -0.1) is 0 Å². The highest BCUT2D eigenvalue weighted by molar-refractivity contribution is 5.95. The molecule has 0 saturated carbocycles. The summed E-state index contributed by atoms with van der Waals surface area (Å²) in [6.45, 7) is 0.537. The van der Waals surface area contributed by atoms with Crippen molar-refractivity contribution < 1.29 is 14.5 Å². The van der Waals surface area contributed by atoms with E-state index in [1.54, 1.807) is 25.4 Å². The molecule has 29 heavy (non-hydrogen) atoms. The molecule has 0 fully saturated rings. The van der Waals surface area contributed by atoms with E-state index in [9.17, 15) is 14.9 Å². The van der Waals surface area contributed by atoms with E-state index in [1.165, 1.54) is 18.2 Å². The fraction of sp³-hybridized carbons (Fsp3) is 0.143. The van der Waals surface area contributed by atoms with E-state index >= 15 is 0 Å². The summed E-state index contributed by atoms with van der Waals surface area (Å²) in [6, 6.07) is 17.5. The highest BCUT2D eigenvalue weighted by Gasteiger charge is 2.17. The number of hydrogen-bond acceptors (Lipinski definition) is 6. The number of amides is 1. The summed E-state index contributed by atoms with van der Waals surface area (Å²) in [5.41, 5.74) is 2.10. The van der Waals surface area contributed by atoms with Crippen LogP contribution >= 0.6 is 0 Å². The van der Waals surface area contributed by atoms with Gasteiger partial charge in [0.2, 0.25) is 5.88 Å². The molecule has 3 aromatic rings. The molecule has 1 aromatic heterocycles. The van der Waals surface area contributed by atoms with Gasteiger partial charge in [0.25, 0.3) is 11.6 Å². The number of nitro benzene ring substituents is 1. The van der Waals surface area contributed by atoms with Gasteiger partial charge < -0.3 is 15.4 Å². The van der Waals surface area contributed by atoms with Crippen molar-refractivity contribution in [2.45, 2.75) is 13.2 Å². The van der Waals surface area contributed by atoms with E-state index in [2.05, 4.69) is 15.6 Å². The lowest BCUT2D eigenvalue weighted by atomic mass is 10.1. The van der Waals surface area contributed by atoms with Crippen LogP contribution in [0.2, 0.25) is 0 Å². The Morgan fingerprint density at radius 2 is 1.93 bits per heavy atom. The van der Waals surface area contributed by atoms with Crippen LogP contribution in [-0.2, 0) is 13.2 Å². The summed E-state index contributed by atoms with van der Waals surface area (Å²) >= 11 is 0. The highest BCUT2D eigenvalue weighted by atomic mass is 16.6. The van der Waals surface area contributed by atoms with Gasteiger partial charge in [0.1, 0.15) is 12.3 Å². The zero-order valence-corrected chi connectivity index (χ0v) is 15.8. The van der Waals surface area contributed by atoms with Crippen LogP contribution in [0.5, 0.6) is 5.88 Å². The molecule has 8 nitrogen and oxygen atoms in total. The second-order valence-electron chi connectivity index (χ2n) is 6.16. The molecule has 0 aliphatic carbocycles. The molecule has 0 radical (unpaired) electrons. The topological polar surface area (TPSA) is 106 Å². The van der Waals surface area contributed by atoms with Crippen LogP contribution in [0.15, 0.2) is 66.9 Å². The summed E-state index contributed by atoms with van der Waals surface area (Å²) in [5.74, 6) is 0.00165. The second kappa shape index (κ2) is 9.32. The molecule has 3 rings (SSSR count). The van der Waals surface area contributed by atoms with Gasteiger partial charge >= 0.3 is 0 Å². The van der Waals surface area contributed by atoms with Crippen LogP contribution < -0.4 is 15.4 Å². The number of carbonyl (C=O) groups is 1. The van der Waals surface area contributed by atoms with Crippen LogP contribution in [0.3, 0.4) is 0 Å².